The van der Waals surface area contributed by atoms with Crippen LogP contribution in [0.2, 0.25) is 0 Å². The molecular formula is C44H74N4O8. The van der Waals surface area contributed by atoms with Crippen LogP contribution in [-0.2, 0) is 44.6 Å². The number of likely N-dealkylation sites (tertiary alicyclic amines) is 1. The highest BCUT2D eigenvalue weighted by Crippen LogP contribution is 2.31. The standard InChI is InChI=1S/C44H74N4O8/c1-15-30(8)40(47(11)43(52)33(27(2)3)25-36(49)39(28(4)5)46(10)29(6)7)37(54-12)26-38(50)48-23-19-22-35(48)41(55-13)31(9)42(51)45-34(44(53)56-14)24-32-20-17-16-18-21-32/h16-18,20-21,27-31,33-35,37,39-41H,15,19,22-26H2,1-14H3,(H,45,51)/t30-,31+,33-,34-,35-,37+,39-,40?,41+/m0/s1. The monoisotopic (exact) mass is 787 g/mol. The van der Waals surface area contributed by atoms with Crippen molar-refractivity contribution in [1.82, 2.24) is 20.0 Å². The molecule has 318 valence electrons. The number of methoxy groups -OCH3 is 3. The molecule has 1 aliphatic heterocycles. The van der Waals surface area contributed by atoms with Crippen LogP contribution in [0.15, 0.2) is 30.3 Å². The maximum atomic E-state index is 14.4. The smallest absolute Gasteiger partial charge is 0.328 e. The summed E-state index contributed by atoms with van der Waals surface area (Å²) in [6.07, 6.45) is 1.30. The lowest BCUT2D eigenvalue weighted by atomic mass is 9.83. The number of rotatable bonds is 23. The molecule has 0 saturated carbocycles. The van der Waals surface area contributed by atoms with Crippen LogP contribution in [0.3, 0.4) is 0 Å². The van der Waals surface area contributed by atoms with E-state index in [2.05, 4.69) is 37.9 Å². The molecule has 1 fully saturated rings. The Morgan fingerprint density at radius 2 is 1.50 bits per heavy atom. The van der Waals surface area contributed by atoms with Crippen LogP contribution in [-0.4, -0.2) is 129 Å². The first-order valence-electron chi connectivity index (χ1n) is 20.6. The minimum Gasteiger partial charge on any atom is -0.467 e. The summed E-state index contributed by atoms with van der Waals surface area (Å²) in [5, 5.41) is 2.87. The Hall–Kier alpha value is -3.35. The van der Waals surface area contributed by atoms with Gasteiger partial charge < -0.3 is 29.3 Å². The van der Waals surface area contributed by atoms with Crippen LogP contribution in [0.1, 0.15) is 100.0 Å². The minimum atomic E-state index is -0.887. The summed E-state index contributed by atoms with van der Waals surface area (Å²) in [7, 11) is 8.14. The summed E-state index contributed by atoms with van der Waals surface area (Å²) < 4.78 is 17.0. The molecule has 0 spiro atoms. The highest BCUT2D eigenvalue weighted by atomic mass is 16.5. The number of hydrogen-bond acceptors (Lipinski definition) is 9. The van der Waals surface area contributed by atoms with Gasteiger partial charge in [-0.05, 0) is 57.1 Å². The first kappa shape index (κ1) is 48.8. The van der Waals surface area contributed by atoms with Crippen molar-refractivity contribution in [2.75, 3.05) is 42.0 Å². The first-order valence-corrected chi connectivity index (χ1v) is 20.6. The fourth-order valence-electron chi connectivity index (χ4n) is 8.39. The second kappa shape index (κ2) is 23.2. The fourth-order valence-corrected chi connectivity index (χ4v) is 8.39. The zero-order valence-electron chi connectivity index (χ0n) is 36.9. The number of ether oxygens (including phenoxy) is 3. The summed E-state index contributed by atoms with van der Waals surface area (Å²) in [5.74, 6) is -2.35. The molecule has 9 atom stereocenters. The summed E-state index contributed by atoms with van der Waals surface area (Å²) in [6, 6.07) is 7.58. The summed E-state index contributed by atoms with van der Waals surface area (Å²) in [4.78, 5) is 74.5. The van der Waals surface area contributed by atoms with Gasteiger partial charge in [0.05, 0.1) is 49.8 Å². The van der Waals surface area contributed by atoms with Gasteiger partial charge in [0.2, 0.25) is 17.7 Å². The number of esters is 1. The first-order chi connectivity index (χ1) is 26.4. The van der Waals surface area contributed by atoms with Gasteiger partial charge in [-0.3, -0.25) is 24.1 Å². The summed E-state index contributed by atoms with van der Waals surface area (Å²) in [6.45, 7) is 18.5. The molecule has 2 rings (SSSR count). The SMILES string of the molecule is CC[C@H](C)C([C@@H](CC(=O)N1CCC[C@H]1[C@H](OC)[C@@H](C)C(=O)N[C@@H](Cc1ccccc1)C(=O)OC)OC)N(C)C(=O)[C@@H](CC(=O)[C@H](C(C)C)N(C)C(C)C)C(C)C. The topological polar surface area (TPSA) is 135 Å². The highest BCUT2D eigenvalue weighted by molar-refractivity contribution is 5.90. The van der Waals surface area contributed by atoms with Crippen molar-refractivity contribution in [3.05, 3.63) is 35.9 Å². The Labute approximate surface area is 337 Å². The van der Waals surface area contributed by atoms with Crippen LogP contribution >= 0.6 is 0 Å². The quantitative estimate of drug-likeness (QED) is 0.145. The molecular weight excluding hydrogens is 713 g/mol. The van der Waals surface area contributed by atoms with Crippen molar-refractivity contribution < 1.29 is 38.2 Å². The maximum absolute atomic E-state index is 14.4. The normalized spacial score (nSPS) is 19.0. The van der Waals surface area contributed by atoms with Gasteiger partial charge in [-0.2, -0.15) is 0 Å². The van der Waals surface area contributed by atoms with E-state index in [-0.39, 0.29) is 78.6 Å². The molecule has 1 aromatic carbocycles. The Morgan fingerprint density at radius 3 is 2.00 bits per heavy atom. The number of likely N-dealkylation sites (N-methyl/N-ethyl adjacent to an activating group) is 2. The molecule has 1 aliphatic rings. The molecule has 3 amide bonds. The van der Waals surface area contributed by atoms with Gasteiger partial charge >= 0.3 is 5.97 Å². The molecule has 1 unspecified atom stereocenters. The van der Waals surface area contributed by atoms with Crippen molar-refractivity contribution in [2.45, 2.75) is 143 Å². The third-order valence-corrected chi connectivity index (χ3v) is 12.1. The van der Waals surface area contributed by atoms with Gasteiger partial charge in [-0.1, -0.05) is 85.2 Å². The lowest BCUT2D eigenvalue weighted by Crippen LogP contribution is -2.55. The molecule has 1 saturated heterocycles. The lowest BCUT2D eigenvalue weighted by molar-refractivity contribution is -0.150. The Bertz CT molecular complexity index is 1400. The molecule has 1 aromatic rings. The predicted octanol–water partition coefficient (Wildman–Crippen LogP) is 5.40. The Balaban J connectivity index is 2.30. The Morgan fingerprint density at radius 1 is 0.875 bits per heavy atom. The van der Waals surface area contributed by atoms with Gasteiger partial charge in [-0.15, -0.1) is 0 Å². The van der Waals surface area contributed by atoms with E-state index in [4.69, 9.17) is 14.2 Å². The van der Waals surface area contributed by atoms with Gasteiger partial charge in [-0.25, -0.2) is 4.79 Å². The average molecular weight is 787 g/mol. The van der Waals surface area contributed by atoms with E-state index < -0.39 is 42.1 Å². The van der Waals surface area contributed by atoms with E-state index in [0.29, 0.717) is 13.0 Å². The number of carbonyl (C=O) groups excluding carboxylic acids is 5. The van der Waals surface area contributed by atoms with E-state index in [1.54, 1.807) is 30.9 Å². The van der Waals surface area contributed by atoms with E-state index in [0.717, 1.165) is 18.4 Å². The largest absolute Gasteiger partial charge is 0.467 e. The number of carbonyl (C=O) groups is 5. The third kappa shape index (κ3) is 12.8. The summed E-state index contributed by atoms with van der Waals surface area (Å²) in [5.41, 5.74) is 0.880. The second-order valence-electron chi connectivity index (χ2n) is 16.8. The van der Waals surface area contributed by atoms with Gasteiger partial charge in [0.25, 0.3) is 0 Å². The van der Waals surface area contributed by atoms with Crippen molar-refractivity contribution in [2.24, 2.45) is 29.6 Å². The number of hydrogen-bond donors (Lipinski definition) is 1. The summed E-state index contributed by atoms with van der Waals surface area (Å²) >= 11 is 0. The van der Waals surface area contributed by atoms with E-state index in [9.17, 15) is 24.0 Å². The van der Waals surface area contributed by atoms with Crippen molar-refractivity contribution in [1.29, 1.82) is 0 Å². The van der Waals surface area contributed by atoms with Crippen molar-refractivity contribution in [3.63, 3.8) is 0 Å². The predicted molar refractivity (Wildman–Crippen MR) is 220 cm³/mol. The molecule has 12 nitrogen and oxygen atoms in total. The minimum absolute atomic E-state index is 0.0100. The van der Waals surface area contributed by atoms with Crippen molar-refractivity contribution >= 4 is 29.5 Å². The lowest BCUT2D eigenvalue weighted by Gasteiger charge is -2.41. The molecule has 56 heavy (non-hydrogen) atoms. The van der Waals surface area contributed by atoms with Gasteiger partial charge in [0, 0.05) is 52.6 Å². The number of ketones is 1. The molecule has 0 radical (unpaired) electrons. The van der Waals surface area contributed by atoms with Crippen LogP contribution in [0.25, 0.3) is 0 Å². The number of nitrogens with one attached hydrogen (secondary N) is 1. The molecule has 0 aliphatic carbocycles. The molecule has 0 aromatic heterocycles. The van der Waals surface area contributed by atoms with Gasteiger partial charge in [0.1, 0.15) is 6.04 Å². The van der Waals surface area contributed by atoms with Crippen LogP contribution in [0.5, 0.6) is 0 Å². The highest BCUT2D eigenvalue weighted by Gasteiger charge is 2.43. The molecule has 12 heteroatoms. The average Bonchev–Trinajstić information content (AvgIpc) is 3.65. The fraction of sp³-hybridized carbons (Fsp3) is 0.750. The number of benzene rings is 1. The zero-order chi connectivity index (χ0) is 42.4. The Kier molecular flexibility index (Phi) is 20.2. The molecule has 1 heterocycles. The maximum Gasteiger partial charge on any atom is 0.328 e. The zero-order valence-corrected chi connectivity index (χ0v) is 36.9. The number of nitrogens with zero attached hydrogens (tertiary/aromatic N) is 3. The van der Waals surface area contributed by atoms with Crippen LogP contribution < -0.4 is 5.32 Å². The molecule has 0 bridgehead atoms. The number of amides is 3. The van der Waals surface area contributed by atoms with Crippen LogP contribution in [0.4, 0.5) is 0 Å². The molecule has 1 N–H and O–H groups in total. The van der Waals surface area contributed by atoms with Gasteiger partial charge in [0.15, 0.2) is 5.78 Å². The van der Waals surface area contributed by atoms with Crippen LogP contribution in [0, 0.1) is 29.6 Å². The van der Waals surface area contributed by atoms with E-state index in [1.165, 1.54) is 14.2 Å². The van der Waals surface area contributed by atoms with E-state index >= 15 is 0 Å². The van der Waals surface area contributed by atoms with E-state index in [1.807, 2.05) is 65.1 Å². The second-order valence-corrected chi connectivity index (χ2v) is 16.8. The third-order valence-electron chi connectivity index (χ3n) is 12.1. The number of Topliss-reactive ketones (excluding diaryl/α,β-unsaturated/α-hetero) is 1. The van der Waals surface area contributed by atoms with Crippen molar-refractivity contribution in [3.8, 4) is 0 Å².